The van der Waals surface area contributed by atoms with Crippen LogP contribution >= 0.6 is 0 Å². The van der Waals surface area contributed by atoms with Crippen LogP contribution in [0.25, 0.3) is 11.2 Å². The Morgan fingerprint density at radius 3 is 2.77 bits per heavy atom. The van der Waals surface area contributed by atoms with Gasteiger partial charge in [-0.15, -0.1) is 5.10 Å². The van der Waals surface area contributed by atoms with Crippen molar-refractivity contribution in [3.8, 4) is 0 Å². The Morgan fingerprint density at radius 1 is 1.18 bits per heavy atom. The lowest BCUT2D eigenvalue weighted by Gasteiger charge is -2.14. The summed E-state index contributed by atoms with van der Waals surface area (Å²) in [5, 5.41) is 11.7. The van der Waals surface area contributed by atoms with Crippen LogP contribution in [-0.4, -0.2) is 31.0 Å². The topological polar surface area (TPSA) is 68.5 Å². The fraction of sp³-hybridized carbons (Fsp3) is 0.375. The number of aromatic nitrogens is 5. The molecule has 0 saturated heterocycles. The molecule has 0 aliphatic heterocycles. The minimum atomic E-state index is 0.296. The molecule has 2 aromatic heterocycles. The molecule has 0 unspecified atom stereocenters. The van der Waals surface area contributed by atoms with E-state index in [9.17, 15) is 0 Å². The van der Waals surface area contributed by atoms with Crippen molar-refractivity contribution in [3.05, 3.63) is 42.2 Å². The highest BCUT2D eigenvalue weighted by molar-refractivity contribution is 5.81. The molecule has 3 rings (SSSR count). The lowest BCUT2D eigenvalue weighted by Crippen LogP contribution is -2.17. The molecule has 0 aliphatic rings. The van der Waals surface area contributed by atoms with Crippen molar-refractivity contribution in [2.24, 2.45) is 0 Å². The van der Waals surface area contributed by atoms with Crippen molar-refractivity contribution in [2.75, 3.05) is 5.32 Å². The summed E-state index contributed by atoms with van der Waals surface area (Å²) in [5.41, 5.74) is 2.85. The monoisotopic (exact) mass is 296 g/mol. The van der Waals surface area contributed by atoms with Crippen molar-refractivity contribution in [1.82, 2.24) is 25.0 Å². The highest BCUT2D eigenvalue weighted by Crippen LogP contribution is 2.17. The highest BCUT2D eigenvalue weighted by Gasteiger charge is 2.12. The molecule has 0 amide bonds. The smallest absolute Gasteiger partial charge is 0.183 e. The van der Waals surface area contributed by atoms with Gasteiger partial charge in [0.15, 0.2) is 17.0 Å². The van der Waals surface area contributed by atoms with Crippen LogP contribution in [0.3, 0.4) is 0 Å². The van der Waals surface area contributed by atoms with E-state index in [1.807, 2.05) is 13.0 Å². The number of aryl methyl sites for hydroxylation is 2. The molecule has 0 radical (unpaired) electrons. The van der Waals surface area contributed by atoms with E-state index in [2.05, 4.69) is 56.8 Å². The maximum absolute atomic E-state index is 4.31. The summed E-state index contributed by atoms with van der Waals surface area (Å²) in [6.45, 7) is 4.92. The number of nitrogens with one attached hydrogen (secondary N) is 1. The lowest BCUT2D eigenvalue weighted by atomic mass is 10.1. The van der Waals surface area contributed by atoms with Gasteiger partial charge >= 0.3 is 0 Å². The van der Waals surface area contributed by atoms with Crippen molar-refractivity contribution < 1.29 is 0 Å². The summed E-state index contributed by atoms with van der Waals surface area (Å²) in [4.78, 5) is 8.57. The van der Waals surface area contributed by atoms with E-state index in [1.165, 1.54) is 5.56 Å². The summed E-state index contributed by atoms with van der Waals surface area (Å²) in [7, 11) is 0. The maximum Gasteiger partial charge on any atom is 0.183 e. The zero-order valence-corrected chi connectivity index (χ0v) is 12.9. The number of fused-ring (bicyclic) bond motifs is 1. The van der Waals surface area contributed by atoms with E-state index in [0.29, 0.717) is 6.04 Å². The summed E-state index contributed by atoms with van der Waals surface area (Å²) in [6, 6.07) is 10.8. The zero-order chi connectivity index (χ0) is 15.4. The molecule has 22 heavy (non-hydrogen) atoms. The molecule has 6 nitrogen and oxygen atoms in total. The van der Waals surface area contributed by atoms with Crippen molar-refractivity contribution >= 4 is 17.0 Å². The number of hydrogen-bond acceptors (Lipinski definition) is 5. The number of nitrogens with zero attached hydrogens (tertiary/aromatic N) is 5. The highest BCUT2D eigenvalue weighted by atomic mass is 15.4. The second-order valence-electron chi connectivity index (χ2n) is 5.37. The van der Waals surface area contributed by atoms with E-state index >= 15 is 0 Å². The Bertz CT molecular complexity index is 737. The van der Waals surface area contributed by atoms with Gasteiger partial charge in [0, 0.05) is 12.6 Å². The van der Waals surface area contributed by atoms with Crippen molar-refractivity contribution in [3.63, 3.8) is 0 Å². The van der Waals surface area contributed by atoms with Gasteiger partial charge in [-0.1, -0.05) is 35.5 Å². The normalized spacial score (nSPS) is 12.5. The summed E-state index contributed by atoms with van der Waals surface area (Å²) in [5.74, 6) is 0.755. The maximum atomic E-state index is 4.31. The van der Waals surface area contributed by atoms with Gasteiger partial charge in [-0.3, -0.25) is 0 Å². The first-order valence-corrected chi connectivity index (χ1v) is 7.62. The van der Waals surface area contributed by atoms with Gasteiger partial charge in [0.1, 0.15) is 6.33 Å². The van der Waals surface area contributed by atoms with Crippen LogP contribution in [0, 0.1) is 0 Å². The Labute approximate surface area is 129 Å². The second-order valence-corrected chi connectivity index (χ2v) is 5.37. The average molecular weight is 296 g/mol. The standard InChI is InChI=1S/C16H20N6/c1-3-22-16-14(20-21-22)15(17-11-18-16)19-12(2)9-10-13-7-5-4-6-8-13/h4-8,11-12H,3,9-10H2,1-2H3,(H,17,18,19)/t12-/m1/s1. The first-order chi connectivity index (χ1) is 10.8. The molecule has 1 aromatic carbocycles. The molecule has 0 aliphatic carbocycles. The van der Waals surface area contributed by atoms with Gasteiger partial charge in [-0.25, -0.2) is 14.6 Å². The van der Waals surface area contributed by atoms with Crippen LogP contribution in [-0.2, 0) is 13.0 Å². The van der Waals surface area contributed by atoms with Crippen LogP contribution in [0.4, 0.5) is 5.82 Å². The van der Waals surface area contributed by atoms with Crippen LogP contribution < -0.4 is 5.32 Å². The van der Waals surface area contributed by atoms with E-state index in [4.69, 9.17) is 0 Å². The van der Waals surface area contributed by atoms with E-state index < -0.39 is 0 Å². The van der Waals surface area contributed by atoms with Gasteiger partial charge in [0.05, 0.1) is 0 Å². The van der Waals surface area contributed by atoms with Gasteiger partial charge in [0.25, 0.3) is 0 Å². The second kappa shape index (κ2) is 6.51. The average Bonchev–Trinajstić information content (AvgIpc) is 2.98. The van der Waals surface area contributed by atoms with E-state index in [-0.39, 0.29) is 0 Å². The summed E-state index contributed by atoms with van der Waals surface area (Å²) in [6.07, 6.45) is 3.62. The van der Waals surface area contributed by atoms with Gasteiger partial charge in [-0.2, -0.15) is 0 Å². The largest absolute Gasteiger partial charge is 0.366 e. The van der Waals surface area contributed by atoms with Crippen LogP contribution in [0.15, 0.2) is 36.7 Å². The molecule has 2 heterocycles. The SMILES string of the molecule is CCn1nnc2c(N[C@H](C)CCc3ccccc3)ncnc21. The van der Waals surface area contributed by atoms with Gasteiger partial charge < -0.3 is 5.32 Å². The number of anilines is 1. The molecular weight excluding hydrogens is 276 g/mol. The molecule has 1 N–H and O–H groups in total. The molecule has 0 spiro atoms. The molecule has 0 saturated carbocycles. The van der Waals surface area contributed by atoms with Gasteiger partial charge in [-0.05, 0) is 32.3 Å². The molecular formula is C16H20N6. The fourth-order valence-electron chi connectivity index (χ4n) is 2.44. The first-order valence-electron chi connectivity index (χ1n) is 7.62. The quantitative estimate of drug-likeness (QED) is 0.757. The molecule has 6 heteroatoms. The van der Waals surface area contributed by atoms with E-state index in [1.54, 1.807) is 11.0 Å². The van der Waals surface area contributed by atoms with Crippen LogP contribution in [0.1, 0.15) is 25.8 Å². The first kappa shape index (κ1) is 14.4. The Kier molecular flexibility index (Phi) is 4.27. The molecule has 0 fully saturated rings. The third-order valence-electron chi connectivity index (χ3n) is 3.69. The number of rotatable bonds is 6. The van der Waals surface area contributed by atoms with Crippen molar-refractivity contribution in [2.45, 2.75) is 39.3 Å². The molecule has 0 bridgehead atoms. The number of benzene rings is 1. The third-order valence-corrected chi connectivity index (χ3v) is 3.69. The minimum absolute atomic E-state index is 0.296. The van der Waals surface area contributed by atoms with E-state index in [0.717, 1.165) is 36.4 Å². The summed E-state index contributed by atoms with van der Waals surface area (Å²) < 4.78 is 1.77. The van der Waals surface area contributed by atoms with Crippen LogP contribution in [0.5, 0.6) is 0 Å². The summed E-state index contributed by atoms with van der Waals surface area (Å²) >= 11 is 0. The predicted octanol–water partition coefficient (Wildman–Crippen LogP) is 2.67. The molecule has 114 valence electrons. The van der Waals surface area contributed by atoms with Crippen LogP contribution in [0.2, 0.25) is 0 Å². The molecule has 3 aromatic rings. The van der Waals surface area contributed by atoms with Gasteiger partial charge in [0.2, 0.25) is 0 Å². The lowest BCUT2D eigenvalue weighted by molar-refractivity contribution is 0.641. The Hall–Kier alpha value is -2.50. The van der Waals surface area contributed by atoms with Crippen molar-refractivity contribution in [1.29, 1.82) is 0 Å². The Morgan fingerprint density at radius 2 is 2.00 bits per heavy atom. The Balaban J connectivity index is 1.69. The number of hydrogen-bond donors (Lipinski definition) is 1. The predicted molar refractivity (Wildman–Crippen MR) is 86.6 cm³/mol. The molecule has 1 atom stereocenters. The zero-order valence-electron chi connectivity index (χ0n) is 12.9. The fourth-order valence-corrected chi connectivity index (χ4v) is 2.44. The minimum Gasteiger partial charge on any atom is -0.366 e. The third kappa shape index (κ3) is 3.05.